The highest BCUT2D eigenvalue weighted by Crippen LogP contribution is 2.24. The molecule has 7 heteroatoms. The zero-order valence-electron chi connectivity index (χ0n) is 18.6. The van der Waals surface area contributed by atoms with Crippen molar-refractivity contribution in [3.05, 3.63) is 89.3 Å². The van der Waals surface area contributed by atoms with Gasteiger partial charge in [-0.05, 0) is 49.2 Å². The average Bonchev–Trinajstić information content (AvgIpc) is 3.50. The minimum atomic E-state index is -0.459. The molecule has 2 aromatic heterocycles. The molecular weight excluding hydrogens is 430 g/mol. The Bertz CT molecular complexity index is 1390. The van der Waals surface area contributed by atoms with Gasteiger partial charge >= 0.3 is 5.97 Å². The first kappa shape index (κ1) is 22.6. The van der Waals surface area contributed by atoms with Crippen molar-refractivity contribution in [2.45, 2.75) is 13.3 Å². The molecule has 34 heavy (non-hydrogen) atoms. The summed E-state index contributed by atoms with van der Waals surface area (Å²) in [4.78, 5) is 27.5. The third-order valence-corrected chi connectivity index (χ3v) is 5.31. The van der Waals surface area contributed by atoms with Crippen LogP contribution in [0.4, 0.5) is 0 Å². The summed E-state index contributed by atoms with van der Waals surface area (Å²) in [6, 6.07) is 20.2. The summed E-state index contributed by atoms with van der Waals surface area (Å²) in [5.74, 6) is 0.0945. The number of carbonyl (C=O) groups excluding carboxylic acids is 2. The molecule has 4 rings (SSSR count). The molecule has 1 amide bonds. The summed E-state index contributed by atoms with van der Waals surface area (Å²) in [6.07, 6.45) is 3.99. The molecule has 0 aliphatic carbocycles. The number of aromatic amines is 1. The highest BCUT2D eigenvalue weighted by molar-refractivity contribution is 6.01. The Balaban J connectivity index is 1.39. The van der Waals surface area contributed by atoms with Gasteiger partial charge < -0.3 is 19.5 Å². The van der Waals surface area contributed by atoms with Gasteiger partial charge in [0.05, 0.1) is 12.2 Å². The van der Waals surface area contributed by atoms with E-state index in [4.69, 9.17) is 9.15 Å². The predicted octanol–water partition coefficient (Wildman–Crippen LogP) is 4.87. The lowest BCUT2D eigenvalue weighted by Gasteiger charge is -2.04. The zero-order valence-corrected chi connectivity index (χ0v) is 18.6. The molecule has 2 N–H and O–H groups in total. The molecule has 0 saturated heterocycles. The normalized spacial score (nSPS) is 11.2. The van der Waals surface area contributed by atoms with E-state index < -0.39 is 5.91 Å². The van der Waals surface area contributed by atoms with E-state index in [9.17, 15) is 14.9 Å². The van der Waals surface area contributed by atoms with E-state index in [0.717, 1.165) is 22.0 Å². The number of fused-ring (bicyclic) bond motifs is 1. The highest BCUT2D eigenvalue weighted by Gasteiger charge is 2.12. The predicted molar refractivity (Wildman–Crippen MR) is 129 cm³/mol. The summed E-state index contributed by atoms with van der Waals surface area (Å²) in [5, 5.41) is 13.4. The van der Waals surface area contributed by atoms with Gasteiger partial charge in [-0.15, -0.1) is 0 Å². The van der Waals surface area contributed by atoms with Crippen molar-refractivity contribution in [3.8, 4) is 17.4 Å². The largest absolute Gasteiger partial charge is 0.462 e. The second-order valence-corrected chi connectivity index (χ2v) is 7.54. The highest BCUT2D eigenvalue weighted by atomic mass is 16.5. The van der Waals surface area contributed by atoms with Gasteiger partial charge in [-0.3, -0.25) is 4.79 Å². The van der Waals surface area contributed by atoms with Crippen molar-refractivity contribution in [2.24, 2.45) is 0 Å². The van der Waals surface area contributed by atoms with Gasteiger partial charge in [-0.25, -0.2) is 4.79 Å². The number of furan rings is 1. The molecule has 0 bridgehead atoms. The van der Waals surface area contributed by atoms with Crippen LogP contribution in [0.15, 0.2) is 76.9 Å². The van der Waals surface area contributed by atoms with Crippen LogP contribution in [0, 0.1) is 11.3 Å². The summed E-state index contributed by atoms with van der Waals surface area (Å²) >= 11 is 0. The monoisotopic (exact) mass is 453 g/mol. The van der Waals surface area contributed by atoms with Crippen molar-refractivity contribution in [2.75, 3.05) is 13.2 Å². The molecule has 0 fully saturated rings. The zero-order chi connectivity index (χ0) is 23.9. The minimum absolute atomic E-state index is 0.0440. The Morgan fingerprint density at radius 3 is 2.68 bits per heavy atom. The number of hydrogen-bond acceptors (Lipinski definition) is 5. The molecule has 0 spiro atoms. The number of rotatable bonds is 8. The molecule has 0 atom stereocenters. The van der Waals surface area contributed by atoms with Crippen molar-refractivity contribution in [1.82, 2.24) is 10.3 Å². The Morgan fingerprint density at radius 2 is 1.91 bits per heavy atom. The van der Waals surface area contributed by atoms with Gasteiger partial charge in [0.15, 0.2) is 0 Å². The fraction of sp³-hybridized carbons (Fsp3) is 0.148. The number of H-pyrrole nitrogens is 1. The summed E-state index contributed by atoms with van der Waals surface area (Å²) in [7, 11) is 0. The van der Waals surface area contributed by atoms with Gasteiger partial charge in [0.2, 0.25) is 0 Å². The van der Waals surface area contributed by atoms with Crippen LogP contribution in [0.2, 0.25) is 0 Å². The smallest absolute Gasteiger partial charge is 0.338 e. The van der Waals surface area contributed by atoms with Gasteiger partial charge in [0.25, 0.3) is 5.91 Å². The number of carbonyl (C=O) groups is 2. The van der Waals surface area contributed by atoms with E-state index in [0.29, 0.717) is 36.7 Å². The van der Waals surface area contributed by atoms with Crippen LogP contribution in [0.3, 0.4) is 0 Å². The Kier molecular flexibility index (Phi) is 6.89. The Labute approximate surface area is 196 Å². The Morgan fingerprint density at radius 1 is 1.12 bits per heavy atom. The van der Waals surface area contributed by atoms with Crippen LogP contribution in [-0.2, 0) is 16.0 Å². The van der Waals surface area contributed by atoms with E-state index >= 15 is 0 Å². The van der Waals surface area contributed by atoms with Crippen molar-refractivity contribution < 1.29 is 18.7 Å². The van der Waals surface area contributed by atoms with E-state index in [1.807, 2.05) is 36.5 Å². The van der Waals surface area contributed by atoms with Gasteiger partial charge in [-0.2, -0.15) is 5.26 Å². The first-order valence-electron chi connectivity index (χ1n) is 10.9. The van der Waals surface area contributed by atoms with Gasteiger partial charge in [0.1, 0.15) is 23.2 Å². The van der Waals surface area contributed by atoms with Crippen LogP contribution < -0.4 is 5.32 Å². The SMILES string of the molecule is CCOC(=O)c1ccc(-c2ccc(/C=C(/C#N)C(=O)NCCc3c[nH]c4ccccc34)o2)cc1. The van der Waals surface area contributed by atoms with Crippen LogP contribution in [0.25, 0.3) is 28.3 Å². The number of aromatic nitrogens is 1. The second kappa shape index (κ2) is 10.4. The first-order chi connectivity index (χ1) is 16.6. The molecular formula is C27H23N3O4. The summed E-state index contributed by atoms with van der Waals surface area (Å²) in [6.45, 7) is 2.46. The molecule has 4 aromatic rings. The summed E-state index contributed by atoms with van der Waals surface area (Å²) < 4.78 is 10.8. The van der Waals surface area contributed by atoms with Gasteiger partial charge in [0, 0.05) is 35.3 Å². The number of nitrogens with zero attached hydrogens (tertiary/aromatic N) is 1. The number of nitrogens with one attached hydrogen (secondary N) is 2. The number of benzene rings is 2. The number of amides is 1. The fourth-order valence-electron chi connectivity index (χ4n) is 3.61. The van der Waals surface area contributed by atoms with Crippen LogP contribution in [0.5, 0.6) is 0 Å². The molecule has 7 nitrogen and oxygen atoms in total. The lowest BCUT2D eigenvalue weighted by atomic mass is 10.1. The topological polar surface area (TPSA) is 108 Å². The third-order valence-electron chi connectivity index (χ3n) is 5.31. The van der Waals surface area contributed by atoms with Crippen molar-refractivity contribution in [1.29, 1.82) is 5.26 Å². The van der Waals surface area contributed by atoms with E-state index in [2.05, 4.69) is 10.3 Å². The number of esters is 1. The number of para-hydroxylation sites is 1. The molecule has 0 aliphatic heterocycles. The molecule has 0 aliphatic rings. The van der Waals surface area contributed by atoms with Crippen LogP contribution in [0.1, 0.15) is 28.6 Å². The second-order valence-electron chi connectivity index (χ2n) is 7.54. The average molecular weight is 453 g/mol. The number of nitriles is 1. The fourth-order valence-corrected chi connectivity index (χ4v) is 3.61. The van der Waals surface area contributed by atoms with E-state index in [1.165, 1.54) is 6.08 Å². The lowest BCUT2D eigenvalue weighted by Crippen LogP contribution is -2.26. The molecule has 0 radical (unpaired) electrons. The maximum absolute atomic E-state index is 12.5. The van der Waals surface area contributed by atoms with Crippen molar-refractivity contribution >= 4 is 28.9 Å². The van der Waals surface area contributed by atoms with Gasteiger partial charge in [-0.1, -0.05) is 30.3 Å². The minimum Gasteiger partial charge on any atom is -0.462 e. The van der Waals surface area contributed by atoms with E-state index in [1.54, 1.807) is 43.3 Å². The van der Waals surface area contributed by atoms with Crippen LogP contribution in [-0.4, -0.2) is 30.0 Å². The number of hydrogen-bond donors (Lipinski definition) is 2. The third kappa shape index (κ3) is 5.08. The lowest BCUT2D eigenvalue weighted by molar-refractivity contribution is -0.117. The standard InChI is InChI=1S/C27H23N3O4/c1-2-33-27(32)19-9-7-18(8-10-19)25-12-11-22(34-25)15-21(16-28)26(31)29-14-13-20-17-30-24-6-4-3-5-23(20)24/h3-12,15,17,30H,2,13-14H2,1H3,(H,29,31)/b21-15-. The van der Waals surface area contributed by atoms with Crippen molar-refractivity contribution in [3.63, 3.8) is 0 Å². The molecule has 170 valence electrons. The molecule has 2 aromatic carbocycles. The maximum Gasteiger partial charge on any atom is 0.338 e. The van der Waals surface area contributed by atoms with Crippen LogP contribution >= 0.6 is 0 Å². The maximum atomic E-state index is 12.5. The first-order valence-corrected chi connectivity index (χ1v) is 10.9. The Hall–Kier alpha value is -4.57. The number of ether oxygens (including phenoxy) is 1. The molecule has 0 saturated carbocycles. The quantitative estimate of drug-likeness (QED) is 0.225. The molecule has 2 heterocycles. The summed E-state index contributed by atoms with van der Waals surface area (Å²) in [5.41, 5.74) is 3.31. The van der Waals surface area contributed by atoms with E-state index in [-0.39, 0.29) is 11.5 Å². The molecule has 0 unspecified atom stereocenters.